The minimum atomic E-state index is 0.476. The molecule has 20 heavy (non-hydrogen) atoms. The molecule has 0 spiro atoms. The van der Waals surface area contributed by atoms with Crippen molar-refractivity contribution in [2.75, 3.05) is 7.05 Å². The van der Waals surface area contributed by atoms with E-state index in [0.717, 1.165) is 11.8 Å². The molecule has 2 rings (SSSR count). The summed E-state index contributed by atoms with van der Waals surface area (Å²) in [7, 11) is 2.11. The molecule has 0 bridgehead atoms. The Labute approximate surface area is 125 Å². The minimum Gasteiger partial charge on any atom is -0.313 e. The molecule has 1 aliphatic carbocycles. The van der Waals surface area contributed by atoms with Crippen molar-refractivity contribution in [3.63, 3.8) is 0 Å². The van der Waals surface area contributed by atoms with E-state index in [2.05, 4.69) is 64.3 Å². The van der Waals surface area contributed by atoms with Crippen molar-refractivity contribution in [2.24, 2.45) is 17.3 Å². The van der Waals surface area contributed by atoms with Crippen LogP contribution in [0.5, 0.6) is 0 Å². The highest BCUT2D eigenvalue weighted by atomic mass is 14.9. The zero-order chi connectivity index (χ0) is 14.8. The molecule has 1 heteroatoms. The first-order valence-corrected chi connectivity index (χ1v) is 8.15. The second-order valence-electron chi connectivity index (χ2n) is 7.65. The molecule has 1 aromatic carbocycles. The number of hydrogen-bond acceptors (Lipinski definition) is 1. The Morgan fingerprint density at radius 2 is 1.55 bits per heavy atom. The summed E-state index contributed by atoms with van der Waals surface area (Å²) in [4.78, 5) is 0. The molecule has 1 nitrogen and oxygen atoms in total. The van der Waals surface area contributed by atoms with Crippen LogP contribution in [0.25, 0.3) is 0 Å². The van der Waals surface area contributed by atoms with Crippen LogP contribution in [-0.2, 0) is 0 Å². The van der Waals surface area contributed by atoms with Gasteiger partial charge in [-0.25, -0.2) is 0 Å². The first-order chi connectivity index (χ1) is 9.41. The first-order valence-electron chi connectivity index (χ1n) is 8.15. The molecule has 112 valence electrons. The number of nitrogens with one attached hydrogen (secondary N) is 1. The van der Waals surface area contributed by atoms with E-state index in [1.165, 1.54) is 36.8 Å². The lowest BCUT2D eigenvalue weighted by Crippen LogP contribution is -2.32. The Morgan fingerprint density at radius 3 is 2.00 bits per heavy atom. The molecular formula is C19H31N. The average molecular weight is 273 g/mol. The summed E-state index contributed by atoms with van der Waals surface area (Å²) in [5.41, 5.74) is 3.28. The van der Waals surface area contributed by atoms with Gasteiger partial charge < -0.3 is 5.32 Å². The van der Waals surface area contributed by atoms with Crippen LogP contribution in [-0.4, -0.2) is 7.05 Å². The van der Waals surface area contributed by atoms with Crippen molar-refractivity contribution in [3.8, 4) is 0 Å². The van der Waals surface area contributed by atoms with Crippen molar-refractivity contribution in [1.82, 2.24) is 5.32 Å². The van der Waals surface area contributed by atoms with Gasteiger partial charge in [0.1, 0.15) is 0 Å². The average Bonchev–Trinajstić information content (AvgIpc) is 2.41. The second kappa shape index (κ2) is 6.30. The fraction of sp³-hybridized carbons (Fsp3) is 0.684. The van der Waals surface area contributed by atoms with Crippen LogP contribution >= 0.6 is 0 Å². The highest BCUT2D eigenvalue weighted by molar-refractivity contribution is 5.24. The monoisotopic (exact) mass is 273 g/mol. The van der Waals surface area contributed by atoms with Gasteiger partial charge in [0.25, 0.3) is 0 Å². The largest absolute Gasteiger partial charge is 0.313 e. The quantitative estimate of drug-likeness (QED) is 0.807. The van der Waals surface area contributed by atoms with Crippen LogP contribution in [0.4, 0.5) is 0 Å². The molecule has 0 radical (unpaired) electrons. The van der Waals surface area contributed by atoms with E-state index < -0.39 is 0 Å². The summed E-state index contributed by atoms with van der Waals surface area (Å²) >= 11 is 0. The van der Waals surface area contributed by atoms with Gasteiger partial charge in [-0.15, -0.1) is 0 Å². The third-order valence-electron chi connectivity index (χ3n) is 5.22. The Kier molecular flexibility index (Phi) is 4.90. The van der Waals surface area contributed by atoms with Gasteiger partial charge in [0.2, 0.25) is 0 Å². The molecule has 0 heterocycles. The van der Waals surface area contributed by atoms with E-state index >= 15 is 0 Å². The third kappa shape index (κ3) is 3.63. The lowest BCUT2D eigenvalue weighted by Gasteiger charge is -2.39. The number of hydrogen-bond donors (Lipinski definition) is 1. The molecule has 1 atom stereocenters. The standard InChI is InChI=1S/C19H31N/c1-14-6-8-15(9-7-14)18(20-5)16-10-12-17(13-11-16)19(2,3)4/h6-9,16-18,20H,10-13H2,1-5H3. The van der Waals surface area contributed by atoms with Crippen LogP contribution < -0.4 is 5.32 Å². The van der Waals surface area contributed by atoms with Crippen molar-refractivity contribution in [3.05, 3.63) is 35.4 Å². The maximum atomic E-state index is 3.56. The van der Waals surface area contributed by atoms with E-state index in [1.54, 1.807) is 0 Å². The van der Waals surface area contributed by atoms with Gasteiger partial charge >= 0.3 is 0 Å². The van der Waals surface area contributed by atoms with E-state index in [-0.39, 0.29) is 0 Å². The summed E-state index contributed by atoms with van der Waals surface area (Å²) in [5, 5.41) is 3.56. The third-order valence-corrected chi connectivity index (χ3v) is 5.22. The molecule has 1 unspecified atom stereocenters. The normalized spacial score (nSPS) is 25.4. The smallest absolute Gasteiger partial charge is 0.0346 e. The maximum Gasteiger partial charge on any atom is 0.0346 e. The fourth-order valence-corrected chi connectivity index (χ4v) is 3.77. The van der Waals surface area contributed by atoms with E-state index in [9.17, 15) is 0 Å². The molecule has 1 saturated carbocycles. The van der Waals surface area contributed by atoms with Gasteiger partial charge in [-0.2, -0.15) is 0 Å². The maximum absolute atomic E-state index is 3.56. The molecule has 1 fully saturated rings. The van der Waals surface area contributed by atoms with E-state index in [1.807, 2.05) is 0 Å². The summed E-state index contributed by atoms with van der Waals surface area (Å²) in [6, 6.07) is 9.59. The summed E-state index contributed by atoms with van der Waals surface area (Å²) in [6.45, 7) is 9.35. The Morgan fingerprint density at radius 1 is 1.00 bits per heavy atom. The summed E-state index contributed by atoms with van der Waals surface area (Å²) in [5.74, 6) is 1.69. The van der Waals surface area contributed by atoms with Crippen molar-refractivity contribution < 1.29 is 0 Å². The molecule has 0 amide bonds. The van der Waals surface area contributed by atoms with Gasteiger partial charge in [0.15, 0.2) is 0 Å². The van der Waals surface area contributed by atoms with Crippen LogP contribution in [0.2, 0.25) is 0 Å². The van der Waals surface area contributed by atoms with Crippen LogP contribution in [0.15, 0.2) is 24.3 Å². The predicted molar refractivity (Wildman–Crippen MR) is 87.9 cm³/mol. The predicted octanol–water partition coefficient (Wildman–Crippen LogP) is 5.11. The first kappa shape index (κ1) is 15.6. The van der Waals surface area contributed by atoms with Gasteiger partial charge in [-0.1, -0.05) is 50.6 Å². The van der Waals surface area contributed by atoms with Gasteiger partial charge in [-0.3, -0.25) is 0 Å². The fourth-order valence-electron chi connectivity index (χ4n) is 3.77. The molecular weight excluding hydrogens is 242 g/mol. The van der Waals surface area contributed by atoms with Crippen molar-refractivity contribution in [1.29, 1.82) is 0 Å². The zero-order valence-corrected chi connectivity index (χ0v) is 13.9. The van der Waals surface area contributed by atoms with Gasteiger partial charge in [0.05, 0.1) is 0 Å². The Hall–Kier alpha value is -0.820. The lowest BCUT2D eigenvalue weighted by molar-refractivity contribution is 0.134. The number of aryl methyl sites for hydroxylation is 1. The van der Waals surface area contributed by atoms with Crippen molar-refractivity contribution >= 4 is 0 Å². The van der Waals surface area contributed by atoms with Crippen LogP contribution in [0.1, 0.15) is 63.6 Å². The summed E-state index contributed by atoms with van der Waals surface area (Å²) < 4.78 is 0. The SMILES string of the molecule is CNC(c1ccc(C)cc1)C1CCC(C(C)(C)C)CC1. The van der Waals surface area contributed by atoms with Crippen molar-refractivity contribution in [2.45, 2.75) is 59.4 Å². The van der Waals surface area contributed by atoms with E-state index in [4.69, 9.17) is 0 Å². The van der Waals surface area contributed by atoms with Gasteiger partial charge in [-0.05, 0) is 62.5 Å². The molecule has 1 N–H and O–H groups in total. The highest BCUT2D eigenvalue weighted by Crippen LogP contribution is 2.43. The zero-order valence-electron chi connectivity index (χ0n) is 13.9. The molecule has 0 saturated heterocycles. The Balaban J connectivity index is 2.02. The van der Waals surface area contributed by atoms with Crippen LogP contribution in [0.3, 0.4) is 0 Å². The summed E-state index contributed by atoms with van der Waals surface area (Å²) in [6.07, 6.45) is 5.50. The minimum absolute atomic E-state index is 0.476. The highest BCUT2D eigenvalue weighted by Gasteiger charge is 2.32. The lowest BCUT2D eigenvalue weighted by atomic mass is 9.68. The molecule has 1 aliphatic rings. The van der Waals surface area contributed by atoms with Crippen LogP contribution in [0, 0.1) is 24.2 Å². The second-order valence-corrected chi connectivity index (χ2v) is 7.65. The van der Waals surface area contributed by atoms with E-state index in [0.29, 0.717) is 11.5 Å². The Bertz CT molecular complexity index is 404. The number of benzene rings is 1. The molecule has 1 aromatic rings. The number of rotatable bonds is 3. The topological polar surface area (TPSA) is 12.0 Å². The molecule has 0 aliphatic heterocycles. The molecule has 0 aromatic heterocycles. The van der Waals surface area contributed by atoms with Gasteiger partial charge in [0, 0.05) is 6.04 Å².